The third-order valence-electron chi connectivity index (χ3n) is 5.98. The lowest BCUT2D eigenvalue weighted by Crippen LogP contribution is -2.11. The summed E-state index contributed by atoms with van der Waals surface area (Å²) in [6, 6.07) is 8.79. The van der Waals surface area contributed by atoms with Gasteiger partial charge in [-0.3, -0.25) is 4.99 Å². The van der Waals surface area contributed by atoms with E-state index in [1.165, 1.54) is 20.4 Å². The second-order valence-electron chi connectivity index (χ2n) is 8.32. The summed E-state index contributed by atoms with van der Waals surface area (Å²) in [6.07, 6.45) is 6.20. The van der Waals surface area contributed by atoms with E-state index in [0.29, 0.717) is 34.5 Å². The molecule has 12 heteroatoms. The normalized spacial score (nSPS) is 11.7. The van der Waals surface area contributed by atoms with Crippen molar-refractivity contribution in [2.45, 2.75) is 13.1 Å². The highest BCUT2D eigenvalue weighted by Crippen LogP contribution is 2.36. The van der Waals surface area contributed by atoms with Crippen molar-refractivity contribution in [3.63, 3.8) is 0 Å². The molecule has 0 aliphatic rings. The number of benzene rings is 2. The van der Waals surface area contributed by atoms with Crippen LogP contribution in [-0.2, 0) is 13.1 Å². The number of fused-ring (bicyclic) bond motifs is 1. The van der Waals surface area contributed by atoms with Crippen LogP contribution in [0.5, 0.6) is 17.2 Å². The zero-order valence-electron chi connectivity index (χ0n) is 22.0. The molecule has 39 heavy (non-hydrogen) atoms. The second-order valence-corrected chi connectivity index (χ2v) is 8.32. The zero-order valence-corrected chi connectivity index (χ0v) is 22.0. The van der Waals surface area contributed by atoms with E-state index in [1.54, 1.807) is 37.4 Å². The van der Waals surface area contributed by atoms with Crippen molar-refractivity contribution in [3.8, 4) is 17.2 Å². The van der Waals surface area contributed by atoms with Crippen molar-refractivity contribution in [2.75, 3.05) is 39.0 Å². The first-order valence-electron chi connectivity index (χ1n) is 11.8. The average Bonchev–Trinajstić information content (AvgIpc) is 3.36. The highest BCUT2D eigenvalue weighted by molar-refractivity contribution is 5.95. The molecule has 0 aliphatic carbocycles. The van der Waals surface area contributed by atoms with Crippen molar-refractivity contribution in [1.29, 1.82) is 0 Å². The number of aliphatic imine (C=N–C) groups is 1. The quantitative estimate of drug-likeness (QED) is 0.242. The van der Waals surface area contributed by atoms with Gasteiger partial charge in [0.05, 0.1) is 50.8 Å². The fraction of sp³-hybridized carbons (Fsp3) is 0.222. The van der Waals surface area contributed by atoms with Gasteiger partial charge >= 0.3 is 0 Å². The molecule has 10 nitrogen and oxygen atoms in total. The van der Waals surface area contributed by atoms with Gasteiger partial charge in [0.15, 0.2) is 28.8 Å². The maximum atomic E-state index is 15.0. The van der Waals surface area contributed by atoms with E-state index in [0.717, 1.165) is 17.4 Å². The number of ether oxygens (including phenoxy) is 3. The molecule has 4 rings (SSSR count). The average molecular weight is 538 g/mol. The minimum absolute atomic E-state index is 0.000213. The Morgan fingerprint density at radius 3 is 2.31 bits per heavy atom. The van der Waals surface area contributed by atoms with E-state index in [1.807, 2.05) is 24.3 Å². The van der Waals surface area contributed by atoms with Crippen LogP contribution in [0.1, 0.15) is 11.1 Å². The molecule has 0 saturated heterocycles. The van der Waals surface area contributed by atoms with Crippen LogP contribution in [0.15, 0.2) is 59.6 Å². The van der Waals surface area contributed by atoms with Crippen LogP contribution < -0.4 is 30.6 Å². The summed E-state index contributed by atoms with van der Waals surface area (Å²) in [6.45, 7) is 0.466. The molecule has 2 heterocycles. The number of nitrogens with two attached hydrogens (primary N) is 1. The molecule has 0 atom stereocenters. The fourth-order valence-electron chi connectivity index (χ4n) is 3.99. The van der Waals surface area contributed by atoms with Gasteiger partial charge in [-0.1, -0.05) is 12.1 Å². The number of nitrogens with one attached hydrogen (secondary N) is 2. The van der Waals surface area contributed by atoms with Gasteiger partial charge in [-0.05, 0) is 17.7 Å². The second kappa shape index (κ2) is 12.1. The van der Waals surface area contributed by atoms with Crippen LogP contribution in [-0.4, -0.2) is 49.4 Å². The molecular weight excluding hydrogens is 508 g/mol. The molecule has 0 saturated carbocycles. The third-order valence-corrected chi connectivity index (χ3v) is 5.98. The van der Waals surface area contributed by atoms with E-state index < -0.39 is 17.3 Å². The van der Waals surface area contributed by atoms with Crippen LogP contribution in [0.3, 0.4) is 0 Å². The Labute approximate surface area is 224 Å². The largest absolute Gasteiger partial charge is 0.497 e. The Bertz CT molecular complexity index is 1490. The van der Waals surface area contributed by atoms with E-state index in [-0.39, 0.29) is 18.0 Å². The molecule has 4 N–H and O–H groups in total. The van der Waals surface area contributed by atoms with Gasteiger partial charge in [0, 0.05) is 43.8 Å². The Morgan fingerprint density at radius 2 is 1.72 bits per heavy atom. The van der Waals surface area contributed by atoms with Crippen molar-refractivity contribution in [1.82, 2.24) is 14.8 Å². The number of methoxy groups -OCH3 is 3. The van der Waals surface area contributed by atoms with Gasteiger partial charge in [0.25, 0.3) is 0 Å². The molecule has 0 radical (unpaired) electrons. The van der Waals surface area contributed by atoms with Gasteiger partial charge in [0.2, 0.25) is 0 Å². The van der Waals surface area contributed by atoms with Crippen molar-refractivity contribution >= 4 is 28.6 Å². The van der Waals surface area contributed by atoms with Gasteiger partial charge in [-0.15, -0.1) is 0 Å². The summed E-state index contributed by atoms with van der Waals surface area (Å²) in [5, 5.41) is 11.3. The molecule has 204 valence electrons. The van der Waals surface area contributed by atoms with E-state index >= 15 is 0 Å². The van der Waals surface area contributed by atoms with E-state index in [2.05, 4.69) is 25.7 Å². The molecule has 2 aromatic carbocycles. The molecule has 4 aromatic rings. The zero-order chi connectivity index (χ0) is 27.9. The van der Waals surface area contributed by atoms with Crippen molar-refractivity contribution in [2.24, 2.45) is 10.7 Å². The highest BCUT2D eigenvalue weighted by atomic mass is 19.1. The van der Waals surface area contributed by atoms with E-state index in [9.17, 15) is 8.78 Å². The SMILES string of the molecule is CN=CC(=CN)Nc1c(CNc2c(F)c(OC)cc(OC)c2F)cnc2c1cnn2Cc1ccc(OC)cc1. The first-order valence-corrected chi connectivity index (χ1v) is 11.8. The van der Waals surface area contributed by atoms with Gasteiger partial charge in [0.1, 0.15) is 11.4 Å². The summed E-state index contributed by atoms with van der Waals surface area (Å²) in [5.74, 6) is -1.32. The Morgan fingerprint density at radius 1 is 1.03 bits per heavy atom. The smallest absolute Gasteiger partial charge is 0.191 e. The number of anilines is 2. The monoisotopic (exact) mass is 537 g/mol. The van der Waals surface area contributed by atoms with Gasteiger partial charge in [-0.2, -0.15) is 5.10 Å². The summed E-state index contributed by atoms with van der Waals surface area (Å²) in [7, 11) is 5.81. The topological polar surface area (TPSA) is 121 Å². The van der Waals surface area contributed by atoms with Crippen LogP contribution in [0.2, 0.25) is 0 Å². The molecular formula is C27H29F2N7O3. The van der Waals surface area contributed by atoms with E-state index in [4.69, 9.17) is 19.9 Å². The number of nitrogens with zero attached hydrogens (tertiary/aromatic N) is 4. The lowest BCUT2D eigenvalue weighted by atomic mass is 10.1. The highest BCUT2D eigenvalue weighted by Gasteiger charge is 2.21. The van der Waals surface area contributed by atoms with Crippen LogP contribution >= 0.6 is 0 Å². The predicted molar refractivity (Wildman–Crippen MR) is 147 cm³/mol. The van der Waals surface area contributed by atoms with Gasteiger partial charge in [-0.25, -0.2) is 18.4 Å². The maximum absolute atomic E-state index is 15.0. The first kappa shape index (κ1) is 27.2. The molecule has 0 unspecified atom stereocenters. The lowest BCUT2D eigenvalue weighted by Gasteiger charge is -2.17. The number of rotatable bonds is 11. The minimum atomic E-state index is -0.882. The molecule has 0 amide bonds. The van der Waals surface area contributed by atoms with Crippen LogP contribution in [0, 0.1) is 11.6 Å². The standard InChI is InChI=1S/C27H29F2N7O3/c1-31-13-18(10-30)35-25-17(11-32-26-23(28)21(38-3)9-22(39-4)24(26)29)12-33-27-20(25)14-34-36(27)15-16-5-7-19(37-2)8-6-16/h5-10,12-14,32H,11,15,30H2,1-4H3,(H,33,35). The van der Waals surface area contributed by atoms with Gasteiger partial charge < -0.3 is 30.6 Å². The summed E-state index contributed by atoms with van der Waals surface area (Å²) >= 11 is 0. The molecule has 0 aliphatic heterocycles. The van der Waals surface area contributed by atoms with Crippen LogP contribution in [0.4, 0.5) is 20.2 Å². The summed E-state index contributed by atoms with van der Waals surface area (Å²) in [4.78, 5) is 8.63. The third kappa shape index (κ3) is 5.69. The number of allylic oxidation sites excluding steroid dienone is 1. The number of hydrogen-bond donors (Lipinski definition) is 3. The Balaban J connectivity index is 1.73. The lowest BCUT2D eigenvalue weighted by molar-refractivity contribution is 0.360. The number of pyridine rings is 1. The Hall–Kier alpha value is -4.87. The molecule has 0 spiro atoms. The molecule has 0 fully saturated rings. The number of aromatic nitrogens is 3. The van der Waals surface area contributed by atoms with Crippen LogP contribution in [0.25, 0.3) is 11.0 Å². The summed E-state index contributed by atoms with van der Waals surface area (Å²) in [5.41, 5.74) is 8.70. The number of halogens is 2. The number of hydrogen-bond acceptors (Lipinski definition) is 9. The Kier molecular flexibility index (Phi) is 8.44. The first-order chi connectivity index (χ1) is 18.9. The van der Waals surface area contributed by atoms with Crippen molar-refractivity contribution < 1.29 is 23.0 Å². The minimum Gasteiger partial charge on any atom is -0.497 e. The van der Waals surface area contributed by atoms with Crippen molar-refractivity contribution in [3.05, 3.63) is 77.4 Å². The predicted octanol–water partition coefficient (Wildman–Crippen LogP) is 4.31. The molecule has 0 bridgehead atoms. The summed E-state index contributed by atoms with van der Waals surface area (Å²) < 4.78 is 47.0. The maximum Gasteiger partial charge on any atom is 0.191 e. The fourth-order valence-corrected chi connectivity index (χ4v) is 3.99. The molecule has 2 aromatic heterocycles.